The molecular formula is C10H11ClF4N2O. The van der Waals surface area contributed by atoms with Crippen molar-refractivity contribution < 1.29 is 22.4 Å². The van der Waals surface area contributed by atoms with E-state index in [4.69, 9.17) is 11.6 Å². The van der Waals surface area contributed by atoms with E-state index in [1.54, 1.807) is 6.92 Å². The third-order valence-electron chi connectivity index (χ3n) is 2.48. The Hall–Kier alpha value is -1.11. The first-order valence-electron chi connectivity index (χ1n) is 5.11. The van der Waals surface area contributed by atoms with E-state index in [9.17, 15) is 22.4 Å². The second-order valence-electron chi connectivity index (χ2n) is 3.71. The maximum atomic E-state index is 12.8. The SMILES string of the molecule is CCc1nn(C)c(CC(=O)C(F)(F)C(F)F)c1Cl. The monoisotopic (exact) mass is 286 g/mol. The number of Topliss-reactive ketones (excluding diaryl/α,β-unsaturated/α-hetero) is 1. The molecule has 0 saturated heterocycles. The highest BCUT2D eigenvalue weighted by molar-refractivity contribution is 6.32. The van der Waals surface area contributed by atoms with Crippen LogP contribution in [0.25, 0.3) is 0 Å². The zero-order chi connectivity index (χ0) is 14.1. The second-order valence-corrected chi connectivity index (χ2v) is 4.09. The van der Waals surface area contributed by atoms with E-state index in [0.29, 0.717) is 12.1 Å². The summed E-state index contributed by atoms with van der Waals surface area (Å²) in [4.78, 5) is 11.1. The van der Waals surface area contributed by atoms with Gasteiger partial charge in [0.05, 0.1) is 22.8 Å². The van der Waals surface area contributed by atoms with Crippen LogP contribution in [0.1, 0.15) is 18.3 Å². The predicted molar refractivity (Wildman–Crippen MR) is 57.3 cm³/mol. The van der Waals surface area contributed by atoms with Crippen LogP contribution in [-0.4, -0.2) is 27.9 Å². The summed E-state index contributed by atoms with van der Waals surface area (Å²) in [6.45, 7) is 1.74. The molecule has 1 aromatic heterocycles. The Kier molecular flexibility index (Phi) is 4.37. The predicted octanol–water partition coefficient (Wildman–Crippen LogP) is 2.65. The van der Waals surface area contributed by atoms with E-state index in [-0.39, 0.29) is 10.7 Å². The third kappa shape index (κ3) is 2.66. The number of alkyl halides is 4. The van der Waals surface area contributed by atoms with Gasteiger partial charge in [0.25, 0.3) is 0 Å². The van der Waals surface area contributed by atoms with Gasteiger partial charge in [0, 0.05) is 7.05 Å². The Balaban J connectivity index is 2.99. The van der Waals surface area contributed by atoms with Gasteiger partial charge in [-0.05, 0) is 6.42 Å². The molecule has 0 N–H and O–H groups in total. The van der Waals surface area contributed by atoms with E-state index in [1.807, 2.05) is 0 Å². The number of halogens is 5. The van der Waals surface area contributed by atoms with Gasteiger partial charge >= 0.3 is 12.3 Å². The van der Waals surface area contributed by atoms with Gasteiger partial charge in [-0.15, -0.1) is 0 Å². The highest BCUT2D eigenvalue weighted by atomic mass is 35.5. The molecule has 1 rings (SSSR count). The summed E-state index contributed by atoms with van der Waals surface area (Å²) in [6, 6.07) is 0. The fourth-order valence-corrected chi connectivity index (χ4v) is 1.76. The smallest absolute Gasteiger partial charge is 0.292 e. The molecule has 0 atom stereocenters. The molecule has 0 unspecified atom stereocenters. The molecule has 0 amide bonds. The number of carbonyl (C=O) groups is 1. The number of rotatable bonds is 5. The quantitative estimate of drug-likeness (QED) is 0.780. The molecule has 0 bridgehead atoms. The maximum absolute atomic E-state index is 12.8. The van der Waals surface area contributed by atoms with Crippen molar-refractivity contribution in [3.63, 3.8) is 0 Å². The van der Waals surface area contributed by atoms with E-state index in [0.717, 1.165) is 4.68 Å². The van der Waals surface area contributed by atoms with Gasteiger partial charge in [-0.25, -0.2) is 8.78 Å². The normalized spacial score (nSPS) is 12.2. The first-order valence-corrected chi connectivity index (χ1v) is 5.49. The van der Waals surface area contributed by atoms with Crippen LogP contribution >= 0.6 is 11.6 Å². The number of hydrogen-bond acceptors (Lipinski definition) is 2. The molecule has 0 aliphatic heterocycles. The largest absolute Gasteiger partial charge is 0.364 e. The molecule has 1 heterocycles. The summed E-state index contributed by atoms with van der Waals surface area (Å²) < 4.78 is 50.8. The van der Waals surface area contributed by atoms with Crippen LogP contribution in [-0.2, 0) is 24.7 Å². The Morgan fingerprint density at radius 2 is 2.06 bits per heavy atom. The average molecular weight is 287 g/mol. The van der Waals surface area contributed by atoms with Crippen molar-refractivity contribution in [1.82, 2.24) is 9.78 Å². The van der Waals surface area contributed by atoms with Crippen molar-refractivity contribution in [1.29, 1.82) is 0 Å². The van der Waals surface area contributed by atoms with Crippen molar-refractivity contribution in [2.75, 3.05) is 0 Å². The van der Waals surface area contributed by atoms with Gasteiger partial charge in [-0.1, -0.05) is 18.5 Å². The molecule has 0 aliphatic carbocycles. The van der Waals surface area contributed by atoms with Crippen molar-refractivity contribution in [3.8, 4) is 0 Å². The summed E-state index contributed by atoms with van der Waals surface area (Å²) in [5, 5.41) is 3.98. The zero-order valence-electron chi connectivity index (χ0n) is 9.68. The Morgan fingerprint density at radius 1 is 1.50 bits per heavy atom. The summed E-state index contributed by atoms with van der Waals surface area (Å²) in [7, 11) is 1.41. The summed E-state index contributed by atoms with van der Waals surface area (Å²) in [5.74, 6) is -6.54. The number of aromatic nitrogens is 2. The minimum absolute atomic E-state index is 0.0128. The molecule has 0 fully saturated rings. The lowest BCUT2D eigenvalue weighted by molar-refractivity contribution is -0.166. The molecular weight excluding hydrogens is 276 g/mol. The van der Waals surface area contributed by atoms with Crippen molar-refractivity contribution in [2.45, 2.75) is 32.1 Å². The number of hydrogen-bond donors (Lipinski definition) is 0. The standard InChI is InChI=1S/C10H11ClF4N2O/c1-3-5-8(11)6(17(2)16-5)4-7(18)10(14,15)9(12)13/h9H,3-4H2,1-2H3. The molecule has 1 aromatic rings. The first kappa shape index (κ1) is 14.9. The van der Waals surface area contributed by atoms with Gasteiger partial charge in [0.15, 0.2) is 0 Å². The molecule has 0 saturated carbocycles. The summed E-state index contributed by atoms with van der Waals surface area (Å²) in [5.41, 5.74) is 0.446. The van der Waals surface area contributed by atoms with Gasteiger partial charge in [-0.3, -0.25) is 9.48 Å². The minimum atomic E-state index is -4.67. The van der Waals surface area contributed by atoms with Crippen LogP contribution in [0.2, 0.25) is 5.02 Å². The molecule has 3 nitrogen and oxygen atoms in total. The lowest BCUT2D eigenvalue weighted by Gasteiger charge is -2.13. The molecule has 102 valence electrons. The zero-order valence-corrected chi connectivity index (χ0v) is 10.4. The van der Waals surface area contributed by atoms with Gasteiger partial charge in [-0.2, -0.15) is 13.9 Å². The van der Waals surface area contributed by atoms with Crippen LogP contribution < -0.4 is 0 Å². The average Bonchev–Trinajstić information content (AvgIpc) is 2.55. The van der Waals surface area contributed by atoms with Gasteiger partial charge in [0.1, 0.15) is 0 Å². The fourth-order valence-electron chi connectivity index (χ4n) is 1.40. The highest BCUT2D eigenvalue weighted by Crippen LogP contribution is 2.28. The molecule has 8 heteroatoms. The summed E-state index contributed by atoms with van der Waals surface area (Å²) >= 11 is 5.84. The lowest BCUT2D eigenvalue weighted by atomic mass is 10.1. The van der Waals surface area contributed by atoms with Crippen LogP contribution in [0.5, 0.6) is 0 Å². The second kappa shape index (κ2) is 5.26. The number of carbonyl (C=O) groups excluding carboxylic acids is 1. The highest BCUT2D eigenvalue weighted by Gasteiger charge is 2.48. The molecule has 0 aromatic carbocycles. The first-order chi connectivity index (χ1) is 8.21. The van der Waals surface area contributed by atoms with Crippen LogP contribution in [0.3, 0.4) is 0 Å². The molecule has 18 heavy (non-hydrogen) atoms. The lowest BCUT2D eigenvalue weighted by Crippen LogP contribution is -2.38. The van der Waals surface area contributed by atoms with Crippen LogP contribution in [0, 0.1) is 0 Å². The van der Waals surface area contributed by atoms with Gasteiger partial charge in [0.2, 0.25) is 5.78 Å². The maximum Gasteiger partial charge on any atom is 0.364 e. The third-order valence-corrected chi connectivity index (χ3v) is 2.91. The molecule has 0 aliphatic rings. The Morgan fingerprint density at radius 3 is 2.44 bits per heavy atom. The minimum Gasteiger partial charge on any atom is -0.292 e. The Labute approximate surface area is 106 Å². The van der Waals surface area contributed by atoms with Gasteiger partial charge < -0.3 is 0 Å². The molecule has 0 radical (unpaired) electrons. The van der Waals surface area contributed by atoms with E-state index < -0.39 is 24.6 Å². The number of aryl methyl sites for hydroxylation is 2. The Bertz CT molecular complexity index is 459. The number of ketones is 1. The van der Waals surface area contributed by atoms with E-state index >= 15 is 0 Å². The summed E-state index contributed by atoms with van der Waals surface area (Å²) in [6.07, 6.45) is -4.45. The number of nitrogens with zero attached hydrogens (tertiary/aromatic N) is 2. The van der Waals surface area contributed by atoms with Crippen molar-refractivity contribution >= 4 is 17.4 Å². The van der Waals surface area contributed by atoms with Crippen molar-refractivity contribution in [2.24, 2.45) is 7.05 Å². The van der Waals surface area contributed by atoms with Crippen molar-refractivity contribution in [3.05, 3.63) is 16.4 Å². The molecule has 0 spiro atoms. The van der Waals surface area contributed by atoms with Crippen LogP contribution in [0.4, 0.5) is 17.6 Å². The van der Waals surface area contributed by atoms with Crippen LogP contribution in [0.15, 0.2) is 0 Å². The topological polar surface area (TPSA) is 34.9 Å². The van der Waals surface area contributed by atoms with E-state index in [2.05, 4.69) is 5.10 Å². The van der Waals surface area contributed by atoms with E-state index in [1.165, 1.54) is 7.05 Å². The fraction of sp³-hybridized carbons (Fsp3) is 0.600.